The van der Waals surface area contributed by atoms with Gasteiger partial charge in [0.15, 0.2) is 5.76 Å². The first kappa shape index (κ1) is 22.5. The van der Waals surface area contributed by atoms with Gasteiger partial charge in [-0.3, -0.25) is 4.79 Å². The fourth-order valence-electron chi connectivity index (χ4n) is 3.69. The second-order valence-corrected chi connectivity index (χ2v) is 8.16. The molecule has 1 heterocycles. The molecule has 0 aromatic heterocycles. The summed E-state index contributed by atoms with van der Waals surface area (Å²) in [5.74, 6) is 0.00262. The van der Waals surface area contributed by atoms with Crippen molar-refractivity contribution in [2.24, 2.45) is 5.92 Å². The van der Waals surface area contributed by atoms with Gasteiger partial charge in [0.2, 0.25) is 6.29 Å². The predicted octanol–water partition coefficient (Wildman–Crippen LogP) is 4.51. The van der Waals surface area contributed by atoms with Crippen molar-refractivity contribution in [1.82, 2.24) is 5.32 Å². The largest absolute Gasteiger partial charge is 0.459 e. The van der Waals surface area contributed by atoms with E-state index >= 15 is 0 Å². The lowest BCUT2D eigenvalue weighted by atomic mass is 9.80. The molecule has 160 valence electrons. The summed E-state index contributed by atoms with van der Waals surface area (Å²) in [6.45, 7) is 2.92. The maximum atomic E-state index is 12.9. The van der Waals surface area contributed by atoms with E-state index in [4.69, 9.17) is 9.47 Å². The number of aliphatic hydroxyl groups excluding tert-OH is 1. The quantitative estimate of drug-likeness (QED) is 0.561. The van der Waals surface area contributed by atoms with Crippen molar-refractivity contribution >= 4 is 21.8 Å². The highest BCUT2D eigenvalue weighted by Gasteiger charge is 2.37. The minimum absolute atomic E-state index is 0.0162. The minimum Gasteiger partial charge on any atom is -0.459 e. The van der Waals surface area contributed by atoms with Crippen molar-refractivity contribution in [3.63, 3.8) is 0 Å². The summed E-state index contributed by atoms with van der Waals surface area (Å²) in [5.41, 5.74) is 2.11. The third-order valence-electron chi connectivity index (χ3n) is 5.19. The minimum atomic E-state index is -0.537. The van der Waals surface area contributed by atoms with Gasteiger partial charge in [0, 0.05) is 36.1 Å². The van der Waals surface area contributed by atoms with Gasteiger partial charge in [0.1, 0.15) is 0 Å². The Morgan fingerprint density at radius 3 is 2.57 bits per heavy atom. The molecule has 5 nitrogen and oxygen atoms in total. The number of amides is 1. The highest BCUT2D eigenvalue weighted by atomic mass is 79.9. The van der Waals surface area contributed by atoms with Gasteiger partial charge in [-0.25, -0.2) is 0 Å². The Bertz CT molecular complexity index is 838. The molecule has 3 atom stereocenters. The van der Waals surface area contributed by atoms with Gasteiger partial charge in [0.05, 0.1) is 0 Å². The Hall–Kier alpha value is -2.15. The number of benzene rings is 2. The highest BCUT2D eigenvalue weighted by molar-refractivity contribution is 9.10. The van der Waals surface area contributed by atoms with E-state index in [1.165, 1.54) is 0 Å². The summed E-state index contributed by atoms with van der Waals surface area (Å²) < 4.78 is 12.9. The topological polar surface area (TPSA) is 67.8 Å². The second-order valence-electron chi connectivity index (χ2n) is 7.25. The van der Waals surface area contributed by atoms with Gasteiger partial charge in [-0.1, -0.05) is 58.4 Å². The lowest BCUT2D eigenvalue weighted by Crippen LogP contribution is -2.38. The lowest BCUT2D eigenvalue weighted by Gasteiger charge is -2.37. The van der Waals surface area contributed by atoms with Gasteiger partial charge >= 0.3 is 0 Å². The number of carbonyl (C=O) groups is 1. The molecule has 0 bridgehead atoms. The molecule has 0 fully saturated rings. The fourth-order valence-corrected chi connectivity index (χ4v) is 3.96. The molecule has 0 aliphatic carbocycles. The van der Waals surface area contributed by atoms with E-state index in [0.29, 0.717) is 19.6 Å². The lowest BCUT2D eigenvalue weighted by molar-refractivity contribution is -0.166. The first-order valence-electron chi connectivity index (χ1n) is 10.3. The third kappa shape index (κ3) is 5.94. The summed E-state index contributed by atoms with van der Waals surface area (Å²) in [6.07, 6.45) is 2.75. The zero-order chi connectivity index (χ0) is 21.3. The van der Waals surface area contributed by atoms with Crippen LogP contribution in [0.3, 0.4) is 0 Å². The molecule has 6 heteroatoms. The summed E-state index contributed by atoms with van der Waals surface area (Å²) in [7, 11) is 0. The number of halogens is 1. The molecule has 1 aliphatic rings. The van der Waals surface area contributed by atoms with E-state index in [1.807, 2.05) is 55.5 Å². The van der Waals surface area contributed by atoms with Gasteiger partial charge in [-0.2, -0.15) is 0 Å². The number of carbonyl (C=O) groups excluding carboxylic acids is 1. The Balaban J connectivity index is 1.81. The molecule has 0 radical (unpaired) electrons. The molecule has 0 saturated carbocycles. The zero-order valence-corrected chi connectivity index (χ0v) is 18.7. The summed E-state index contributed by atoms with van der Waals surface area (Å²) in [5, 5.41) is 12.3. The van der Waals surface area contributed by atoms with Crippen LogP contribution >= 0.6 is 15.9 Å². The van der Waals surface area contributed by atoms with E-state index in [0.717, 1.165) is 22.0 Å². The van der Waals surface area contributed by atoms with Gasteiger partial charge in [-0.15, -0.1) is 0 Å². The molecular weight excluding hydrogens is 446 g/mol. The van der Waals surface area contributed by atoms with Crippen molar-refractivity contribution in [3.8, 4) is 0 Å². The van der Waals surface area contributed by atoms with Crippen molar-refractivity contribution in [1.29, 1.82) is 0 Å². The number of aliphatic hydroxyl groups is 1. The van der Waals surface area contributed by atoms with Gasteiger partial charge in [-0.05, 0) is 49.1 Å². The van der Waals surface area contributed by atoms with E-state index in [9.17, 15) is 9.90 Å². The maximum absolute atomic E-state index is 12.9. The van der Waals surface area contributed by atoms with Crippen LogP contribution in [0.2, 0.25) is 0 Å². The van der Waals surface area contributed by atoms with Crippen LogP contribution in [0.5, 0.6) is 0 Å². The van der Waals surface area contributed by atoms with Gasteiger partial charge < -0.3 is 19.9 Å². The van der Waals surface area contributed by atoms with E-state index in [-0.39, 0.29) is 30.1 Å². The summed E-state index contributed by atoms with van der Waals surface area (Å²) in [4.78, 5) is 12.9. The van der Waals surface area contributed by atoms with E-state index < -0.39 is 6.29 Å². The molecule has 1 amide bonds. The van der Waals surface area contributed by atoms with Crippen LogP contribution in [-0.4, -0.2) is 30.5 Å². The number of ether oxygens (including phenoxy) is 2. The molecule has 1 aliphatic heterocycles. The number of allylic oxidation sites excluding steroid dienone is 1. The molecule has 2 aromatic carbocycles. The fraction of sp³-hybridized carbons (Fsp3) is 0.375. The summed E-state index contributed by atoms with van der Waals surface area (Å²) in [6, 6.07) is 17.9. The average molecular weight is 474 g/mol. The average Bonchev–Trinajstić information content (AvgIpc) is 2.78. The first-order chi connectivity index (χ1) is 14.6. The Morgan fingerprint density at radius 1 is 1.17 bits per heavy atom. The molecular formula is C24H28BrNO4. The van der Waals surface area contributed by atoms with Crippen molar-refractivity contribution in [2.75, 3.05) is 13.2 Å². The normalized spacial score (nSPS) is 20.9. The van der Waals surface area contributed by atoms with Crippen molar-refractivity contribution < 1.29 is 19.4 Å². The van der Waals surface area contributed by atoms with Crippen LogP contribution in [0.25, 0.3) is 0 Å². The van der Waals surface area contributed by atoms with Crippen molar-refractivity contribution in [3.05, 3.63) is 82.0 Å². The monoisotopic (exact) mass is 473 g/mol. The molecule has 2 aromatic rings. The Labute approximate surface area is 186 Å². The van der Waals surface area contributed by atoms with E-state index in [2.05, 4.69) is 33.4 Å². The van der Waals surface area contributed by atoms with Crippen LogP contribution in [0.15, 0.2) is 70.9 Å². The highest BCUT2D eigenvalue weighted by Crippen LogP contribution is 2.39. The first-order valence-corrected chi connectivity index (χ1v) is 11.1. The molecule has 3 rings (SSSR count). The smallest absolute Gasteiger partial charge is 0.286 e. The Kier molecular flexibility index (Phi) is 8.49. The van der Waals surface area contributed by atoms with E-state index in [1.54, 1.807) is 0 Å². The van der Waals surface area contributed by atoms with Crippen LogP contribution in [0.1, 0.15) is 36.8 Å². The van der Waals surface area contributed by atoms with Crippen LogP contribution < -0.4 is 5.32 Å². The van der Waals surface area contributed by atoms with Gasteiger partial charge in [0.25, 0.3) is 5.91 Å². The molecule has 0 spiro atoms. The Morgan fingerprint density at radius 2 is 1.90 bits per heavy atom. The number of hydrogen-bond donors (Lipinski definition) is 2. The van der Waals surface area contributed by atoms with Crippen molar-refractivity contribution in [2.45, 2.75) is 38.5 Å². The number of rotatable bonds is 9. The summed E-state index contributed by atoms with van der Waals surface area (Å²) >= 11 is 3.42. The third-order valence-corrected chi connectivity index (χ3v) is 5.71. The standard InChI is InChI=1S/C24H28BrNO4/c1-2-29-24-20(9-6-14-27)21(18-7-4-3-5-8-18)15-22(30-24)23(28)26-16-17-10-12-19(25)13-11-17/h3-5,7-8,10-13,15,20-21,24,27H,2,6,9,14,16H2,1H3,(H,26,28)/t20-,21+,24+/m1/s1. The zero-order valence-electron chi connectivity index (χ0n) is 17.1. The van der Waals surface area contributed by atoms with Crippen LogP contribution in [0, 0.1) is 5.92 Å². The molecule has 2 N–H and O–H groups in total. The maximum Gasteiger partial charge on any atom is 0.286 e. The number of nitrogens with one attached hydrogen (secondary N) is 1. The molecule has 30 heavy (non-hydrogen) atoms. The SMILES string of the molecule is CCO[C@H]1OC(C(=O)NCc2ccc(Br)cc2)=C[C@@H](c2ccccc2)[C@H]1CCCO. The number of hydrogen-bond acceptors (Lipinski definition) is 4. The molecule has 0 saturated heterocycles. The predicted molar refractivity (Wildman–Crippen MR) is 120 cm³/mol. The molecule has 0 unspecified atom stereocenters. The van der Waals surface area contributed by atoms with Crippen LogP contribution in [0.4, 0.5) is 0 Å². The second kappa shape index (κ2) is 11.3. The van der Waals surface area contributed by atoms with Crippen LogP contribution in [-0.2, 0) is 20.8 Å².